The molecule has 0 aromatic heterocycles. The van der Waals surface area contributed by atoms with Crippen LogP contribution < -0.4 is 11.5 Å². The van der Waals surface area contributed by atoms with Crippen LogP contribution in [-0.4, -0.2) is 0 Å². The van der Waals surface area contributed by atoms with Gasteiger partial charge in [-0.15, -0.1) is 0 Å². The summed E-state index contributed by atoms with van der Waals surface area (Å²) in [5, 5.41) is 0. The van der Waals surface area contributed by atoms with E-state index in [0.717, 1.165) is 0 Å². The SMILES string of the molecule is CC(C)(C)C(N)c1cccc(C(N)C(C)(C)C)c1. The van der Waals surface area contributed by atoms with E-state index in [1.807, 2.05) is 0 Å². The fourth-order valence-corrected chi connectivity index (χ4v) is 1.95. The van der Waals surface area contributed by atoms with E-state index in [4.69, 9.17) is 11.5 Å². The highest BCUT2D eigenvalue weighted by Crippen LogP contribution is 2.34. The second-order valence-corrected chi connectivity index (χ2v) is 7.36. The Bertz CT molecular complexity index is 361. The van der Waals surface area contributed by atoms with Gasteiger partial charge in [-0.25, -0.2) is 0 Å². The lowest BCUT2D eigenvalue weighted by Crippen LogP contribution is -2.28. The van der Waals surface area contributed by atoms with Crippen molar-refractivity contribution >= 4 is 0 Å². The van der Waals surface area contributed by atoms with Gasteiger partial charge in [0.25, 0.3) is 0 Å². The smallest absolute Gasteiger partial charge is 0.0344 e. The highest BCUT2D eigenvalue weighted by atomic mass is 14.7. The van der Waals surface area contributed by atoms with E-state index >= 15 is 0 Å². The topological polar surface area (TPSA) is 52.0 Å². The van der Waals surface area contributed by atoms with Crippen LogP contribution in [0.5, 0.6) is 0 Å². The van der Waals surface area contributed by atoms with Gasteiger partial charge >= 0.3 is 0 Å². The molecule has 2 heteroatoms. The molecule has 1 rings (SSSR count). The molecule has 0 bridgehead atoms. The van der Waals surface area contributed by atoms with Gasteiger partial charge in [-0.2, -0.15) is 0 Å². The molecule has 18 heavy (non-hydrogen) atoms. The molecule has 1 aromatic rings. The molecular weight excluding hydrogens is 220 g/mol. The molecule has 0 aliphatic rings. The van der Waals surface area contributed by atoms with Crippen LogP contribution in [0.1, 0.15) is 64.8 Å². The molecule has 2 unspecified atom stereocenters. The largest absolute Gasteiger partial charge is 0.324 e. The van der Waals surface area contributed by atoms with Gasteiger partial charge in [0.15, 0.2) is 0 Å². The van der Waals surface area contributed by atoms with Gasteiger partial charge in [-0.3, -0.25) is 0 Å². The van der Waals surface area contributed by atoms with Crippen LogP contribution in [-0.2, 0) is 0 Å². The molecule has 2 atom stereocenters. The summed E-state index contributed by atoms with van der Waals surface area (Å²) in [5.74, 6) is 0. The van der Waals surface area contributed by atoms with Crippen molar-refractivity contribution in [2.75, 3.05) is 0 Å². The van der Waals surface area contributed by atoms with Crippen molar-refractivity contribution in [1.29, 1.82) is 0 Å². The minimum Gasteiger partial charge on any atom is -0.324 e. The first-order valence-corrected chi connectivity index (χ1v) is 6.64. The second-order valence-electron chi connectivity index (χ2n) is 7.36. The zero-order chi connectivity index (χ0) is 14.1. The first-order valence-electron chi connectivity index (χ1n) is 6.64. The van der Waals surface area contributed by atoms with Crippen LogP contribution in [0.4, 0.5) is 0 Å². The molecule has 0 fully saturated rings. The van der Waals surface area contributed by atoms with Crippen molar-refractivity contribution in [2.45, 2.75) is 53.6 Å². The third-order valence-corrected chi connectivity index (χ3v) is 3.49. The monoisotopic (exact) mass is 248 g/mol. The van der Waals surface area contributed by atoms with E-state index in [9.17, 15) is 0 Å². The molecule has 4 N–H and O–H groups in total. The maximum absolute atomic E-state index is 6.31. The molecular formula is C16H28N2. The molecule has 0 aliphatic carbocycles. The minimum absolute atomic E-state index is 0.0321. The van der Waals surface area contributed by atoms with E-state index in [1.165, 1.54) is 11.1 Å². The van der Waals surface area contributed by atoms with Crippen LogP contribution in [0, 0.1) is 10.8 Å². The van der Waals surface area contributed by atoms with Crippen molar-refractivity contribution in [3.8, 4) is 0 Å². The summed E-state index contributed by atoms with van der Waals surface area (Å²) in [5.41, 5.74) is 15.1. The Morgan fingerprint density at radius 2 is 1.11 bits per heavy atom. The fourth-order valence-electron chi connectivity index (χ4n) is 1.95. The fraction of sp³-hybridized carbons (Fsp3) is 0.625. The van der Waals surface area contributed by atoms with E-state index in [-0.39, 0.29) is 22.9 Å². The Morgan fingerprint density at radius 3 is 1.39 bits per heavy atom. The summed E-state index contributed by atoms with van der Waals surface area (Å²) in [6, 6.07) is 8.46. The molecule has 0 aliphatic heterocycles. The van der Waals surface area contributed by atoms with Gasteiger partial charge in [-0.1, -0.05) is 65.8 Å². The lowest BCUT2D eigenvalue weighted by atomic mass is 9.79. The Labute approximate surface area is 112 Å². The maximum atomic E-state index is 6.31. The highest BCUT2D eigenvalue weighted by molar-refractivity contribution is 5.29. The molecule has 0 heterocycles. The third-order valence-electron chi connectivity index (χ3n) is 3.49. The number of benzene rings is 1. The number of nitrogens with two attached hydrogens (primary N) is 2. The summed E-state index contributed by atoms with van der Waals surface area (Å²) >= 11 is 0. The average molecular weight is 248 g/mol. The predicted octanol–water partition coefficient (Wildman–Crippen LogP) is 3.78. The molecule has 0 spiro atoms. The molecule has 1 aromatic carbocycles. The summed E-state index contributed by atoms with van der Waals surface area (Å²) in [6.45, 7) is 13.0. The number of hydrogen-bond acceptors (Lipinski definition) is 2. The highest BCUT2D eigenvalue weighted by Gasteiger charge is 2.25. The van der Waals surface area contributed by atoms with Gasteiger partial charge in [0.1, 0.15) is 0 Å². The van der Waals surface area contributed by atoms with Crippen LogP contribution in [0.15, 0.2) is 24.3 Å². The van der Waals surface area contributed by atoms with E-state index in [1.54, 1.807) is 0 Å². The summed E-state index contributed by atoms with van der Waals surface area (Å²) in [6.07, 6.45) is 0. The molecule has 0 saturated carbocycles. The minimum atomic E-state index is 0.0321. The Balaban J connectivity index is 3.07. The standard InChI is InChI=1S/C16H28N2/c1-15(2,3)13(17)11-8-7-9-12(10-11)14(18)16(4,5)6/h7-10,13-14H,17-18H2,1-6H3. The Kier molecular flexibility index (Phi) is 4.24. The molecule has 102 valence electrons. The lowest BCUT2D eigenvalue weighted by molar-refractivity contribution is 0.320. The van der Waals surface area contributed by atoms with Crippen molar-refractivity contribution < 1.29 is 0 Å². The maximum Gasteiger partial charge on any atom is 0.0344 e. The Morgan fingerprint density at radius 1 is 0.778 bits per heavy atom. The summed E-state index contributed by atoms with van der Waals surface area (Å²) in [7, 11) is 0. The van der Waals surface area contributed by atoms with Crippen LogP contribution in [0.2, 0.25) is 0 Å². The quantitative estimate of drug-likeness (QED) is 0.837. The van der Waals surface area contributed by atoms with E-state index in [0.29, 0.717) is 0 Å². The van der Waals surface area contributed by atoms with Crippen LogP contribution in [0.25, 0.3) is 0 Å². The van der Waals surface area contributed by atoms with Crippen molar-refractivity contribution in [1.82, 2.24) is 0 Å². The average Bonchev–Trinajstić information content (AvgIpc) is 2.24. The van der Waals surface area contributed by atoms with Crippen LogP contribution in [0.3, 0.4) is 0 Å². The molecule has 0 radical (unpaired) electrons. The van der Waals surface area contributed by atoms with Gasteiger partial charge < -0.3 is 11.5 Å². The van der Waals surface area contributed by atoms with Crippen molar-refractivity contribution in [2.24, 2.45) is 22.3 Å². The van der Waals surface area contributed by atoms with E-state index < -0.39 is 0 Å². The number of hydrogen-bond donors (Lipinski definition) is 2. The zero-order valence-electron chi connectivity index (χ0n) is 12.6. The molecule has 0 amide bonds. The zero-order valence-corrected chi connectivity index (χ0v) is 12.6. The number of rotatable bonds is 2. The Hall–Kier alpha value is -0.860. The van der Waals surface area contributed by atoms with Crippen molar-refractivity contribution in [3.63, 3.8) is 0 Å². The van der Waals surface area contributed by atoms with Crippen LogP contribution >= 0.6 is 0 Å². The van der Waals surface area contributed by atoms with E-state index in [2.05, 4.69) is 65.8 Å². The normalized spacial score (nSPS) is 16.4. The van der Waals surface area contributed by atoms with Gasteiger partial charge in [0.05, 0.1) is 0 Å². The van der Waals surface area contributed by atoms with Crippen molar-refractivity contribution in [3.05, 3.63) is 35.4 Å². The third kappa shape index (κ3) is 3.56. The van der Waals surface area contributed by atoms with Gasteiger partial charge in [0, 0.05) is 12.1 Å². The van der Waals surface area contributed by atoms with Gasteiger partial charge in [0.2, 0.25) is 0 Å². The molecule has 0 saturated heterocycles. The lowest BCUT2D eigenvalue weighted by Gasteiger charge is -2.30. The molecule has 2 nitrogen and oxygen atoms in total. The predicted molar refractivity (Wildman–Crippen MR) is 79.2 cm³/mol. The first-order chi connectivity index (χ1) is 8.03. The summed E-state index contributed by atoms with van der Waals surface area (Å²) in [4.78, 5) is 0. The first kappa shape index (κ1) is 15.2. The summed E-state index contributed by atoms with van der Waals surface area (Å²) < 4.78 is 0. The van der Waals surface area contributed by atoms with Gasteiger partial charge in [-0.05, 0) is 22.0 Å². The second kappa shape index (κ2) is 5.02.